The van der Waals surface area contributed by atoms with Crippen LogP contribution in [0.2, 0.25) is 0 Å². The zero-order chi connectivity index (χ0) is 10.7. The third-order valence-electron chi connectivity index (χ3n) is 2.55. The standard InChI is InChI=1S/C12H17NO2/c1-12(2)14-9-11(15-12)6-5-10-4-3-7-13-8-10/h3-4,7-8,11H,5-6,9H2,1-2H3. The quantitative estimate of drug-likeness (QED) is 0.761. The molecule has 3 heteroatoms. The van der Waals surface area contributed by atoms with Gasteiger partial charge in [-0.3, -0.25) is 4.98 Å². The van der Waals surface area contributed by atoms with Crippen LogP contribution in [0.1, 0.15) is 25.8 Å². The Bertz CT molecular complexity index is 311. The molecule has 15 heavy (non-hydrogen) atoms. The van der Waals surface area contributed by atoms with Crippen LogP contribution in [-0.2, 0) is 15.9 Å². The van der Waals surface area contributed by atoms with E-state index in [2.05, 4.69) is 11.1 Å². The predicted octanol–water partition coefficient (Wildman–Crippen LogP) is 2.17. The summed E-state index contributed by atoms with van der Waals surface area (Å²) in [5.41, 5.74) is 1.26. The number of hydrogen-bond donors (Lipinski definition) is 0. The van der Waals surface area contributed by atoms with E-state index in [-0.39, 0.29) is 6.10 Å². The average Bonchev–Trinajstić information content (AvgIpc) is 2.57. The fourth-order valence-electron chi connectivity index (χ4n) is 1.78. The topological polar surface area (TPSA) is 31.4 Å². The number of aromatic nitrogens is 1. The molecule has 0 bridgehead atoms. The van der Waals surface area contributed by atoms with Gasteiger partial charge < -0.3 is 9.47 Å². The summed E-state index contributed by atoms with van der Waals surface area (Å²) in [5, 5.41) is 0. The van der Waals surface area contributed by atoms with Crippen molar-refractivity contribution in [3.63, 3.8) is 0 Å². The highest BCUT2D eigenvalue weighted by Gasteiger charge is 2.32. The van der Waals surface area contributed by atoms with Gasteiger partial charge in [-0.15, -0.1) is 0 Å². The van der Waals surface area contributed by atoms with Crippen LogP contribution in [0.3, 0.4) is 0 Å². The average molecular weight is 207 g/mol. The molecule has 2 rings (SSSR count). The first-order valence-corrected chi connectivity index (χ1v) is 5.36. The summed E-state index contributed by atoms with van der Waals surface area (Å²) < 4.78 is 11.2. The SMILES string of the molecule is CC1(C)OCC(CCc2cccnc2)O1. The lowest BCUT2D eigenvalue weighted by Gasteiger charge is -2.16. The zero-order valence-electron chi connectivity index (χ0n) is 9.27. The minimum atomic E-state index is -0.403. The van der Waals surface area contributed by atoms with Crippen LogP contribution < -0.4 is 0 Å². The van der Waals surface area contributed by atoms with Crippen LogP contribution >= 0.6 is 0 Å². The molecule has 0 aliphatic carbocycles. The van der Waals surface area contributed by atoms with E-state index in [4.69, 9.17) is 9.47 Å². The molecular formula is C12H17NO2. The number of ether oxygens (including phenoxy) is 2. The molecule has 1 fully saturated rings. The van der Waals surface area contributed by atoms with Gasteiger partial charge in [-0.1, -0.05) is 6.07 Å². The van der Waals surface area contributed by atoms with E-state index in [9.17, 15) is 0 Å². The molecule has 0 N–H and O–H groups in total. The Balaban J connectivity index is 1.80. The number of pyridine rings is 1. The second kappa shape index (κ2) is 4.29. The Hall–Kier alpha value is -0.930. The summed E-state index contributed by atoms with van der Waals surface area (Å²) in [6.45, 7) is 4.61. The van der Waals surface area contributed by atoms with Gasteiger partial charge in [0.2, 0.25) is 0 Å². The van der Waals surface area contributed by atoms with Crippen molar-refractivity contribution < 1.29 is 9.47 Å². The molecule has 0 amide bonds. The number of aryl methyl sites for hydroxylation is 1. The molecule has 1 aliphatic rings. The van der Waals surface area contributed by atoms with Gasteiger partial charge in [-0.2, -0.15) is 0 Å². The highest BCUT2D eigenvalue weighted by atomic mass is 16.7. The Morgan fingerprint density at radius 2 is 2.40 bits per heavy atom. The van der Waals surface area contributed by atoms with Crippen LogP contribution in [0.4, 0.5) is 0 Å². The van der Waals surface area contributed by atoms with Crippen molar-refractivity contribution in [2.75, 3.05) is 6.61 Å². The molecule has 1 atom stereocenters. The summed E-state index contributed by atoms with van der Waals surface area (Å²) in [4.78, 5) is 4.09. The number of hydrogen-bond acceptors (Lipinski definition) is 3. The molecule has 1 saturated heterocycles. The van der Waals surface area contributed by atoms with Gasteiger partial charge in [0, 0.05) is 12.4 Å². The monoisotopic (exact) mass is 207 g/mol. The van der Waals surface area contributed by atoms with Crippen molar-refractivity contribution in [1.29, 1.82) is 0 Å². The van der Waals surface area contributed by atoms with Crippen molar-refractivity contribution >= 4 is 0 Å². The molecule has 0 radical (unpaired) electrons. The molecule has 1 aliphatic heterocycles. The molecule has 2 heterocycles. The maximum absolute atomic E-state index is 5.73. The summed E-state index contributed by atoms with van der Waals surface area (Å²) in [7, 11) is 0. The van der Waals surface area contributed by atoms with Crippen LogP contribution in [0, 0.1) is 0 Å². The molecule has 1 aromatic rings. The van der Waals surface area contributed by atoms with E-state index in [1.165, 1.54) is 5.56 Å². The maximum Gasteiger partial charge on any atom is 0.163 e. The van der Waals surface area contributed by atoms with Crippen molar-refractivity contribution in [2.24, 2.45) is 0 Å². The summed E-state index contributed by atoms with van der Waals surface area (Å²) in [6, 6.07) is 4.05. The van der Waals surface area contributed by atoms with Gasteiger partial charge >= 0.3 is 0 Å². The Morgan fingerprint density at radius 3 is 3.00 bits per heavy atom. The summed E-state index contributed by atoms with van der Waals surface area (Å²) in [6.07, 6.45) is 5.91. The second-order valence-electron chi connectivity index (χ2n) is 4.35. The largest absolute Gasteiger partial charge is 0.348 e. The van der Waals surface area contributed by atoms with E-state index in [1.54, 1.807) is 6.20 Å². The second-order valence-corrected chi connectivity index (χ2v) is 4.35. The Morgan fingerprint density at radius 1 is 1.53 bits per heavy atom. The Kier molecular flexibility index (Phi) is 3.03. The molecule has 0 saturated carbocycles. The van der Waals surface area contributed by atoms with Crippen molar-refractivity contribution in [1.82, 2.24) is 4.98 Å². The first kappa shape index (κ1) is 10.6. The molecule has 1 unspecified atom stereocenters. The van der Waals surface area contributed by atoms with E-state index in [0.717, 1.165) is 12.8 Å². The van der Waals surface area contributed by atoms with Crippen molar-refractivity contribution in [3.8, 4) is 0 Å². The van der Waals surface area contributed by atoms with E-state index >= 15 is 0 Å². The van der Waals surface area contributed by atoms with E-state index in [1.807, 2.05) is 26.1 Å². The highest BCUT2D eigenvalue weighted by molar-refractivity contribution is 5.08. The first-order valence-electron chi connectivity index (χ1n) is 5.36. The van der Waals surface area contributed by atoms with Crippen molar-refractivity contribution in [2.45, 2.75) is 38.6 Å². The molecule has 82 valence electrons. The maximum atomic E-state index is 5.73. The lowest BCUT2D eigenvalue weighted by molar-refractivity contribution is -0.138. The highest BCUT2D eigenvalue weighted by Crippen LogP contribution is 2.24. The number of nitrogens with zero attached hydrogens (tertiary/aromatic N) is 1. The normalized spacial score (nSPS) is 24.3. The summed E-state index contributed by atoms with van der Waals surface area (Å²) in [5.74, 6) is -0.403. The van der Waals surface area contributed by atoms with Gasteiger partial charge in [0.05, 0.1) is 12.7 Å². The fourth-order valence-corrected chi connectivity index (χ4v) is 1.78. The van der Waals surface area contributed by atoms with Gasteiger partial charge in [-0.05, 0) is 38.3 Å². The van der Waals surface area contributed by atoms with Crippen molar-refractivity contribution in [3.05, 3.63) is 30.1 Å². The lowest BCUT2D eigenvalue weighted by atomic mass is 10.1. The minimum absolute atomic E-state index is 0.222. The predicted molar refractivity (Wildman–Crippen MR) is 57.5 cm³/mol. The fraction of sp³-hybridized carbons (Fsp3) is 0.583. The van der Waals surface area contributed by atoms with Crippen LogP contribution in [0.15, 0.2) is 24.5 Å². The van der Waals surface area contributed by atoms with Gasteiger partial charge in [-0.25, -0.2) is 0 Å². The minimum Gasteiger partial charge on any atom is -0.348 e. The number of rotatable bonds is 3. The van der Waals surface area contributed by atoms with E-state index in [0.29, 0.717) is 6.61 Å². The molecule has 1 aromatic heterocycles. The van der Waals surface area contributed by atoms with Crippen LogP contribution in [-0.4, -0.2) is 23.5 Å². The lowest BCUT2D eigenvalue weighted by Crippen LogP contribution is -2.21. The third kappa shape index (κ3) is 3.01. The molecule has 0 aromatic carbocycles. The molecule has 0 spiro atoms. The van der Waals surface area contributed by atoms with Gasteiger partial charge in [0.15, 0.2) is 5.79 Å². The van der Waals surface area contributed by atoms with Crippen LogP contribution in [0.5, 0.6) is 0 Å². The molecule has 3 nitrogen and oxygen atoms in total. The molecular weight excluding hydrogens is 190 g/mol. The smallest absolute Gasteiger partial charge is 0.163 e. The van der Waals surface area contributed by atoms with Gasteiger partial charge in [0.1, 0.15) is 0 Å². The van der Waals surface area contributed by atoms with E-state index < -0.39 is 5.79 Å². The first-order chi connectivity index (χ1) is 7.16. The zero-order valence-corrected chi connectivity index (χ0v) is 9.27. The van der Waals surface area contributed by atoms with Crippen LogP contribution in [0.25, 0.3) is 0 Å². The third-order valence-corrected chi connectivity index (χ3v) is 2.55. The summed E-state index contributed by atoms with van der Waals surface area (Å²) >= 11 is 0. The Labute approximate surface area is 90.4 Å². The van der Waals surface area contributed by atoms with Gasteiger partial charge in [0.25, 0.3) is 0 Å².